The maximum absolute atomic E-state index is 6.79. The summed E-state index contributed by atoms with van der Waals surface area (Å²) in [5.41, 5.74) is 15.4. The van der Waals surface area contributed by atoms with Crippen LogP contribution >= 0.6 is 0 Å². The summed E-state index contributed by atoms with van der Waals surface area (Å²) in [6, 6.07) is 52.8. The van der Waals surface area contributed by atoms with Gasteiger partial charge in [0.15, 0.2) is 0 Å². The van der Waals surface area contributed by atoms with Crippen LogP contribution in [0.4, 0.5) is 17.1 Å². The normalized spacial score (nSPS) is 15.4. The molecular weight excluding hydrogens is 637 g/mol. The third-order valence-electron chi connectivity index (χ3n) is 11.3. The van der Waals surface area contributed by atoms with Crippen LogP contribution in [-0.2, 0) is 5.41 Å². The van der Waals surface area contributed by atoms with E-state index in [4.69, 9.17) is 4.42 Å². The Morgan fingerprint density at radius 1 is 0.519 bits per heavy atom. The molecule has 0 saturated heterocycles. The molecule has 242 valence electrons. The van der Waals surface area contributed by atoms with E-state index in [0.717, 1.165) is 44.4 Å². The Bertz CT molecular complexity index is 3050. The monoisotopic (exact) mass is 664 g/mol. The maximum Gasteiger partial charge on any atom is 0.145 e. The first kappa shape index (κ1) is 27.8. The summed E-state index contributed by atoms with van der Waals surface area (Å²) in [6.07, 6.45) is 7.45. The third-order valence-corrected chi connectivity index (χ3v) is 11.3. The van der Waals surface area contributed by atoms with Gasteiger partial charge in [-0.15, -0.1) is 0 Å². The highest BCUT2D eigenvalue weighted by Crippen LogP contribution is 2.62. The molecule has 0 bridgehead atoms. The van der Waals surface area contributed by atoms with E-state index >= 15 is 0 Å². The first-order chi connectivity index (χ1) is 25.8. The van der Waals surface area contributed by atoms with Gasteiger partial charge in [-0.25, -0.2) is 0 Å². The van der Waals surface area contributed by atoms with Crippen LogP contribution in [-0.4, -0.2) is 14.5 Å². The van der Waals surface area contributed by atoms with Crippen molar-refractivity contribution in [3.8, 4) is 16.8 Å². The molecule has 5 heteroatoms. The molecule has 12 rings (SSSR count). The Morgan fingerprint density at radius 2 is 1.21 bits per heavy atom. The first-order valence-electron chi connectivity index (χ1n) is 17.6. The lowest BCUT2D eigenvalue weighted by Crippen LogP contribution is -2.33. The van der Waals surface area contributed by atoms with Gasteiger partial charge in [-0.1, -0.05) is 84.9 Å². The predicted molar refractivity (Wildman–Crippen MR) is 209 cm³/mol. The van der Waals surface area contributed by atoms with Crippen molar-refractivity contribution in [3.05, 3.63) is 193 Å². The molecule has 6 aromatic carbocycles. The first-order valence-corrected chi connectivity index (χ1v) is 17.6. The van der Waals surface area contributed by atoms with Gasteiger partial charge in [-0.05, 0) is 94.0 Å². The number of anilines is 3. The van der Waals surface area contributed by atoms with Crippen LogP contribution in [0.1, 0.15) is 22.3 Å². The molecule has 2 aliphatic rings. The van der Waals surface area contributed by atoms with Crippen molar-refractivity contribution in [1.82, 2.24) is 14.5 Å². The number of fused-ring (bicyclic) bond motifs is 16. The minimum Gasteiger partial charge on any atom is -0.455 e. The molecular formula is C47H28N4O. The Hall–Kier alpha value is -6.98. The molecule has 1 atom stereocenters. The summed E-state index contributed by atoms with van der Waals surface area (Å²) in [7, 11) is 0. The quantitative estimate of drug-likeness (QED) is 0.189. The van der Waals surface area contributed by atoms with Crippen LogP contribution in [0.25, 0.3) is 60.6 Å². The van der Waals surface area contributed by atoms with E-state index in [2.05, 4.69) is 153 Å². The summed E-state index contributed by atoms with van der Waals surface area (Å²) in [5, 5.41) is 4.63. The number of rotatable bonds is 3. The largest absolute Gasteiger partial charge is 0.455 e. The molecule has 0 saturated carbocycles. The average molecular weight is 665 g/mol. The molecule has 0 amide bonds. The molecule has 5 heterocycles. The lowest BCUT2D eigenvalue weighted by Gasteiger charge is -2.39. The molecule has 4 aromatic heterocycles. The Morgan fingerprint density at radius 3 is 2.02 bits per heavy atom. The molecule has 5 nitrogen and oxygen atoms in total. The summed E-state index contributed by atoms with van der Waals surface area (Å²) in [6.45, 7) is 0. The second kappa shape index (κ2) is 10.1. The smallest absolute Gasteiger partial charge is 0.145 e. The molecule has 1 aliphatic carbocycles. The van der Waals surface area contributed by atoms with E-state index in [1.807, 2.05) is 36.9 Å². The van der Waals surface area contributed by atoms with E-state index in [9.17, 15) is 0 Å². The predicted octanol–water partition coefficient (Wildman–Crippen LogP) is 11.6. The Labute approximate surface area is 298 Å². The van der Waals surface area contributed by atoms with Gasteiger partial charge in [0.25, 0.3) is 0 Å². The number of aromatic nitrogens is 3. The second-order valence-corrected chi connectivity index (χ2v) is 13.8. The molecule has 1 spiro atoms. The van der Waals surface area contributed by atoms with Crippen LogP contribution in [0.2, 0.25) is 0 Å². The highest BCUT2D eigenvalue weighted by Gasteiger charge is 2.51. The molecule has 0 radical (unpaired) electrons. The van der Waals surface area contributed by atoms with E-state index in [-0.39, 0.29) is 0 Å². The zero-order chi connectivity index (χ0) is 34.0. The number of hydrogen-bond acceptors (Lipinski definition) is 4. The van der Waals surface area contributed by atoms with E-state index in [1.54, 1.807) is 0 Å². The Kier molecular flexibility index (Phi) is 5.37. The lowest BCUT2D eigenvalue weighted by atomic mass is 9.65. The van der Waals surface area contributed by atoms with Crippen molar-refractivity contribution in [2.45, 2.75) is 5.41 Å². The van der Waals surface area contributed by atoms with Gasteiger partial charge in [0, 0.05) is 34.2 Å². The minimum absolute atomic E-state index is 0.580. The second-order valence-electron chi connectivity index (χ2n) is 13.8. The van der Waals surface area contributed by atoms with Crippen LogP contribution in [0.5, 0.6) is 0 Å². The van der Waals surface area contributed by atoms with Gasteiger partial charge in [0.05, 0.1) is 51.3 Å². The van der Waals surface area contributed by atoms with Gasteiger partial charge in [-0.3, -0.25) is 9.97 Å². The molecule has 10 aromatic rings. The van der Waals surface area contributed by atoms with Gasteiger partial charge in [0.2, 0.25) is 0 Å². The standard InChI is InChI=1S/C47H28N4O/c1-4-16-37-32(13-1)35-25-29(50(30-11-9-23-48-27-30)31-12-10-24-49-28-31)21-22-38(35)47(37)39-17-5-7-19-42(39)51-41-18-6-2-15-34(41)44-45(51)40(47)26-36-33-14-3-8-20-43(33)52-46(36)44/h1-28H. The minimum atomic E-state index is -0.580. The van der Waals surface area contributed by atoms with Crippen LogP contribution in [0, 0.1) is 0 Å². The topological polar surface area (TPSA) is 47.1 Å². The summed E-state index contributed by atoms with van der Waals surface area (Å²) in [4.78, 5) is 11.2. The van der Waals surface area contributed by atoms with Crippen molar-refractivity contribution >= 4 is 60.8 Å². The molecule has 1 unspecified atom stereocenters. The summed E-state index contributed by atoms with van der Waals surface area (Å²) < 4.78 is 9.27. The van der Waals surface area contributed by atoms with Gasteiger partial charge in [-0.2, -0.15) is 0 Å². The summed E-state index contributed by atoms with van der Waals surface area (Å²) >= 11 is 0. The number of para-hydroxylation sites is 3. The fourth-order valence-electron chi connectivity index (χ4n) is 9.41. The lowest BCUT2D eigenvalue weighted by molar-refractivity contribution is 0.672. The van der Waals surface area contributed by atoms with Gasteiger partial charge < -0.3 is 13.9 Å². The average Bonchev–Trinajstić information content (AvgIpc) is 3.85. The summed E-state index contributed by atoms with van der Waals surface area (Å²) in [5.74, 6) is 0. The number of hydrogen-bond donors (Lipinski definition) is 0. The Balaban J connectivity index is 1.25. The SMILES string of the molecule is c1cncc(N(c2cccnc2)c2ccc3c(c2)-c2ccccc2C32c3ccccc3-n3c4ccccc4c4c5oc6ccccc6c5cc2c43)c1. The van der Waals surface area contributed by atoms with Crippen molar-refractivity contribution in [3.63, 3.8) is 0 Å². The number of benzene rings is 6. The fourth-order valence-corrected chi connectivity index (χ4v) is 9.41. The van der Waals surface area contributed by atoms with Crippen LogP contribution < -0.4 is 4.90 Å². The molecule has 52 heavy (non-hydrogen) atoms. The molecule has 0 fully saturated rings. The van der Waals surface area contributed by atoms with E-state index in [1.165, 1.54) is 55.5 Å². The molecule has 1 aliphatic heterocycles. The highest BCUT2D eigenvalue weighted by atomic mass is 16.3. The number of pyridine rings is 2. The van der Waals surface area contributed by atoms with Crippen LogP contribution in [0.15, 0.2) is 175 Å². The van der Waals surface area contributed by atoms with Gasteiger partial charge >= 0.3 is 0 Å². The van der Waals surface area contributed by atoms with Gasteiger partial charge in [0.1, 0.15) is 11.2 Å². The number of furan rings is 1. The van der Waals surface area contributed by atoms with Crippen molar-refractivity contribution in [1.29, 1.82) is 0 Å². The van der Waals surface area contributed by atoms with Crippen molar-refractivity contribution < 1.29 is 4.42 Å². The zero-order valence-electron chi connectivity index (χ0n) is 27.9. The van der Waals surface area contributed by atoms with E-state index in [0.29, 0.717) is 0 Å². The van der Waals surface area contributed by atoms with E-state index < -0.39 is 5.41 Å². The van der Waals surface area contributed by atoms with Crippen LogP contribution in [0.3, 0.4) is 0 Å². The molecule has 0 N–H and O–H groups in total. The maximum atomic E-state index is 6.79. The number of nitrogens with zero attached hydrogens (tertiary/aromatic N) is 4. The zero-order valence-corrected chi connectivity index (χ0v) is 27.9. The highest BCUT2D eigenvalue weighted by molar-refractivity contribution is 6.26. The van der Waals surface area contributed by atoms with Crippen molar-refractivity contribution in [2.75, 3.05) is 4.90 Å². The fraction of sp³-hybridized carbons (Fsp3) is 0.0213. The van der Waals surface area contributed by atoms with Crippen molar-refractivity contribution in [2.24, 2.45) is 0 Å². The third kappa shape index (κ3) is 3.38.